The number of hydrogen-bond donors (Lipinski definition) is 2. The molecule has 0 saturated heterocycles. The second kappa shape index (κ2) is 12.1. The first-order valence-corrected chi connectivity index (χ1v) is 13.5. The van der Waals surface area contributed by atoms with Crippen molar-refractivity contribution in [3.8, 4) is 11.5 Å². The van der Waals surface area contributed by atoms with E-state index >= 15 is 0 Å². The zero-order valence-corrected chi connectivity index (χ0v) is 22.4. The fraction of sp³-hybridized carbons (Fsp3) is 0.355. The van der Waals surface area contributed by atoms with Crippen molar-refractivity contribution in [1.82, 2.24) is 15.2 Å². The number of H-pyrrole nitrogens is 1. The number of ether oxygens (including phenoxy) is 2. The highest BCUT2D eigenvalue weighted by Crippen LogP contribution is 2.34. The molecule has 2 aromatic heterocycles. The van der Waals surface area contributed by atoms with Crippen LogP contribution in [0.15, 0.2) is 71.5 Å². The molecule has 2 N–H and O–H groups in total. The Hall–Kier alpha value is -4.20. The lowest BCUT2D eigenvalue weighted by molar-refractivity contribution is -0.141. The molecule has 1 fully saturated rings. The predicted octanol–water partition coefficient (Wildman–Crippen LogP) is 5.54. The number of methoxy groups -OCH3 is 2. The van der Waals surface area contributed by atoms with Crippen molar-refractivity contribution in [2.45, 2.75) is 57.2 Å². The number of fused-ring (bicyclic) bond motifs is 1. The minimum absolute atomic E-state index is 0.0862. The lowest BCUT2D eigenvalue weighted by atomic mass is 9.94. The molecule has 1 atom stereocenters. The van der Waals surface area contributed by atoms with Gasteiger partial charge in [-0.2, -0.15) is 0 Å². The van der Waals surface area contributed by atoms with Crippen molar-refractivity contribution < 1.29 is 23.5 Å². The fourth-order valence-corrected chi connectivity index (χ4v) is 5.46. The van der Waals surface area contributed by atoms with Crippen LogP contribution in [0.3, 0.4) is 0 Å². The van der Waals surface area contributed by atoms with Crippen LogP contribution in [-0.2, 0) is 22.6 Å². The summed E-state index contributed by atoms with van der Waals surface area (Å²) in [6, 6.07) is 16.0. The maximum absolute atomic E-state index is 14.1. The van der Waals surface area contributed by atoms with E-state index in [1.165, 1.54) is 6.42 Å². The topological polar surface area (TPSA) is 96.8 Å². The van der Waals surface area contributed by atoms with Crippen molar-refractivity contribution in [3.05, 3.63) is 83.9 Å². The van der Waals surface area contributed by atoms with Crippen molar-refractivity contribution in [2.24, 2.45) is 0 Å². The Kier molecular flexibility index (Phi) is 8.20. The molecule has 39 heavy (non-hydrogen) atoms. The number of aromatic amines is 1. The van der Waals surface area contributed by atoms with Gasteiger partial charge in [-0.1, -0.05) is 43.5 Å². The Morgan fingerprint density at radius 1 is 1.03 bits per heavy atom. The maximum atomic E-state index is 14.1. The Morgan fingerprint density at radius 2 is 1.82 bits per heavy atom. The zero-order valence-electron chi connectivity index (χ0n) is 22.4. The van der Waals surface area contributed by atoms with E-state index < -0.39 is 6.04 Å². The number of nitrogens with one attached hydrogen (secondary N) is 2. The van der Waals surface area contributed by atoms with Gasteiger partial charge in [0, 0.05) is 23.1 Å². The molecular formula is C31H35N3O5. The molecule has 1 aliphatic rings. The number of furan rings is 1. The number of aromatic nitrogens is 1. The van der Waals surface area contributed by atoms with Crippen LogP contribution in [0.25, 0.3) is 10.9 Å². The molecule has 0 aliphatic heterocycles. The molecule has 1 aliphatic carbocycles. The second-order valence-electron chi connectivity index (χ2n) is 10.00. The summed E-state index contributed by atoms with van der Waals surface area (Å²) < 4.78 is 16.6. The highest BCUT2D eigenvalue weighted by atomic mass is 16.5. The number of amides is 2. The quantitative estimate of drug-likeness (QED) is 0.281. The SMILES string of the molecule is COc1ccc(C(C(=O)NC2CCCCC2)N(Cc2ccco2)C(=O)Cc2c[nH]c3ccccc23)cc1OC. The third-order valence-electron chi connectivity index (χ3n) is 7.48. The van der Waals surface area contributed by atoms with E-state index in [0.29, 0.717) is 22.8 Å². The Labute approximate surface area is 228 Å². The molecule has 0 spiro atoms. The van der Waals surface area contributed by atoms with Gasteiger partial charge in [-0.3, -0.25) is 9.59 Å². The molecule has 8 nitrogen and oxygen atoms in total. The van der Waals surface area contributed by atoms with E-state index in [-0.39, 0.29) is 30.8 Å². The molecule has 1 unspecified atom stereocenters. The number of carbonyl (C=O) groups excluding carboxylic acids is 2. The van der Waals surface area contributed by atoms with Crippen molar-refractivity contribution >= 4 is 22.7 Å². The average Bonchev–Trinajstić information content (AvgIpc) is 3.63. The molecule has 4 aromatic rings. The van der Waals surface area contributed by atoms with Crippen LogP contribution in [0.4, 0.5) is 0 Å². The summed E-state index contributed by atoms with van der Waals surface area (Å²) >= 11 is 0. The summed E-state index contributed by atoms with van der Waals surface area (Å²) in [7, 11) is 3.13. The average molecular weight is 530 g/mol. The Morgan fingerprint density at radius 3 is 2.56 bits per heavy atom. The summed E-state index contributed by atoms with van der Waals surface area (Å²) in [5.41, 5.74) is 2.47. The number of rotatable bonds is 10. The van der Waals surface area contributed by atoms with Crippen LogP contribution in [0, 0.1) is 0 Å². The van der Waals surface area contributed by atoms with Gasteiger partial charge >= 0.3 is 0 Å². The van der Waals surface area contributed by atoms with Gasteiger partial charge in [0.25, 0.3) is 0 Å². The van der Waals surface area contributed by atoms with E-state index in [2.05, 4.69) is 10.3 Å². The monoisotopic (exact) mass is 529 g/mol. The van der Waals surface area contributed by atoms with E-state index in [9.17, 15) is 9.59 Å². The molecular weight excluding hydrogens is 494 g/mol. The maximum Gasteiger partial charge on any atom is 0.247 e. The number of benzene rings is 2. The molecule has 0 bridgehead atoms. The van der Waals surface area contributed by atoms with Gasteiger partial charge in [-0.05, 0) is 54.3 Å². The summed E-state index contributed by atoms with van der Waals surface area (Å²) in [5.74, 6) is 1.24. The van der Waals surface area contributed by atoms with Crippen molar-refractivity contribution in [1.29, 1.82) is 0 Å². The highest BCUT2D eigenvalue weighted by Gasteiger charge is 2.34. The number of carbonyl (C=O) groups is 2. The molecule has 1 saturated carbocycles. The third-order valence-corrected chi connectivity index (χ3v) is 7.48. The summed E-state index contributed by atoms with van der Waals surface area (Å²) in [4.78, 5) is 33.0. The van der Waals surface area contributed by atoms with Gasteiger partial charge in [0.2, 0.25) is 11.8 Å². The van der Waals surface area contributed by atoms with Gasteiger partial charge in [-0.15, -0.1) is 0 Å². The third kappa shape index (κ3) is 5.95. The first-order chi connectivity index (χ1) is 19.1. The van der Waals surface area contributed by atoms with Gasteiger partial charge in [-0.25, -0.2) is 0 Å². The predicted molar refractivity (Wildman–Crippen MR) is 149 cm³/mol. The highest BCUT2D eigenvalue weighted by molar-refractivity contribution is 5.92. The lowest BCUT2D eigenvalue weighted by Gasteiger charge is -2.33. The van der Waals surface area contributed by atoms with E-state index in [4.69, 9.17) is 13.9 Å². The largest absolute Gasteiger partial charge is 0.493 e. The summed E-state index contributed by atoms with van der Waals surface area (Å²) in [5, 5.41) is 4.23. The van der Waals surface area contributed by atoms with Crippen LogP contribution in [0.1, 0.15) is 55.0 Å². The molecule has 2 amide bonds. The van der Waals surface area contributed by atoms with Crippen LogP contribution in [0.5, 0.6) is 11.5 Å². The van der Waals surface area contributed by atoms with E-state index in [1.54, 1.807) is 43.6 Å². The number of para-hydroxylation sites is 1. The van der Waals surface area contributed by atoms with Crippen molar-refractivity contribution in [3.63, 3.8) is 0 Å². The molecule has 8 heteroatoms. The fourth-order valence-electron chi connectivity index (χ4n) is 5.46. The summed E-state index contributed by atoms with van der Waals surface area (Å²) in [6.45, 7) is 0.144. The first kappa shape index (κ1) is 26.4. The van der Waals surface area contributed by atoms with Crippen LogP contribution < -0.4 is 14.8 Å². The van der Waals surface area contributed by atoms with Gasteiger partial charge < -0.3 is 29.1 Å². The van der Waals surface area contributed by atoms with Crippen molar-refractivity contribution in [2.75, 3.05) is 14.2 Å². The molecule has 0 radical (unpaired) electrons. The number of nitrogens with zero attached hydrogens (tertiary/aromatic N) is 1. The van der Waals surface area contributed by atoms with Crippen LogP contribution in [0.2, 0.25) is 0 Å². The number of hydrogen-bond acceptors (Lipinski definition) is 5. The van der Waals surface area contributed by atoms with Gasteiger partial charge in [0.1, 0.15) is 11.8 Å². The standard InChI is InChI=1S/C31H35N3O5/c1-37-27-15-14-21(17-28(27)38-2)30(31(36)33-23-9-4-3-5-10-23)34(20-24-11-8-16-39-24)29(35)18-22-19-32-26-13-7-6-12-25(22)26/h6-8,11-17,19,23,30,32H,3-5,9-10,18,20H2,1-2H3,(H,33,36). The minimum atomic E-state index is -0.894. The molecule has 5 rings (SSSR count). The van der Waals surface area contributed by atoms with Gasteiger partial charge in [0.05, 0.1) is 33.4 Å². The van der Waals surface area contributed by atoms with Gasteiger partial charge in [0.15, 0.2) is 11.5 Å². The molecule has 204 valence electrons. The minimum Gasteiger partial charge on any atom is -0.493 e. The Bertz CT molecular complexity index is 1400. The van der Waals surface area contributed by atoms with E-state index in [0.717, 1.165) is 42.1 Å². The lowest BCUT2D eigenvalue weighted by Crippen LogP contribution is -2.47. The van der Waals surface area contributed by atoms with E-state index in [1.807, 2.05) is 42.6 Å². The molecule has 2 aromatic carbocycles. The Balaban J connectivity index is 1.53. The first-order valence-electron chi connectivity index (χ1n) is 13.5. The zero-order chi connectivity index (χ0) is 27.2. The normalized spacial score (nSPS) is 14.6. The second-order valence-corrected chi connectivity index (χ2v) is 10.00. The smallest absolute Gasteiger partial charge is 0.247 e. The van der Waals surface area contributed by atoms with Crippen LogP contribution in [-0.4, -0.2) is 42.0 Å². The summed E-state index contributed by atoms with van der Waals surface area (Å²) in [6.07, 6.45) is 8.79. The van der Waals surface area contributed by atoms with Crippen LogP contribution >= 0.6 is 0 Å². The molecule has 2 heterocycles.